The summed E-state index contributed by atoms with van der Waals surface area (Å²) in [6, 6.07) is 17.1. The van der Waals surface area contributed by atoms with E-state index in [1.807, 2.05) is 54.6 Å². The van der Waals surface area contributed by atoms with E-state index in [4.69, 9.17) is 10.5 Å². The van der Waals surface area contributed by atoms with Crippen LogP contribution >= 0.6 is 11.3 Å². The number of nitrogens with zero attached hydrogens (tertiary/aromatic N) is 1. The van der Waals surface area contributed by atoms with Gasteiger partial charge in [0.25, 0.3) is 0 Å². The molecular weight excluding hydrogens is 308 g/mol. The fraction of sp³-hybridized carbons (Fsp3) is 0.111. The topological polar surface area (TPSA) is 65.2 Å². The highest BCUT2D eigenvalue weighted by molar-refractivity contribution is 7.17. The Balaban J connectivity index is 2.12. The summed E-state index contributed by atoms with van der Waals surface area (Å²) < 4.78 is 5.17. The average molecular weight is 324 g/mol. The molecule has 3 aromatic rings. The van der Waals surface area contributed by atoms with Gasteiger partial charge >= 0.3 is 5.97 Å². The Hall–Kier alpha value is -2.66. The molecule has 0 aliphatic rings. The summed E-state index contributed by atoms with van der Waals surface area (Å²) in [4.78, 5) is 17.4. The van der Waals surface area contributed by atoms with Gasteiger partial charge in [-0.25, -0.2) is 9.78 Å². The number of esters is 1. The number of anilines is 1. The normalized spacial score (nSPS) is 10.5. The van der Waals surface area contributed by atoms with Gasteiger partial charge in [-0.1, -0.05) is 42.5 Å². The molecule has 0 atom stereocenters. The van der Waals surface area contributed by atoms with Crippen LogP contribution in [-0.2, 0) is 4.74 Å². The van der Waals surface area contributed by atoms with Gasteiger partial charge in [-0.3, -0.25) is 0 Å². The van der Waals surface area contributed by atoms with E-state index >= 15 is 0 Å². The Kier molecular flexibility index (Phi) is 4.39. The van der Waals surface area contributed by atoms with Crippen LogP contribution in [0.1, 0.15) is 16.6 Å². The van der Waals surface area contributed by atoms with Crippen LogP contribution in [0.2, 0.25) is 0 Å². The van der Waals surface area contributed by atoms with Gasteiger partial charge < -0.3 is 10.5 Å². The van der Waals surface area contributed by atoms with Crippen molar-refractivity contribution < 1.29 is 9.53 Å². The van der Waals surface area contributed by atoms with Crippen molar-refractivity contribution in [3.05, 3.63) is 59.5 Å². The lowest BCUT2D eigenvalue weighted by Crippen LogP contribution is -2.03. The largest absolute Gasteiger partial charge is 0.462 e. The molecule has 0 fully saturated rings. The van der Waals surface area contributed by atoms with Crippen LogP contribution in [0.15, 0.2) is 54.6 Å². The Labute approximate surface area is 138 Å². The molecule has 2 aromatic carbocycles. The zero-order valence-electron chi connectivity index (χ0n) is 12.7. The molecule has 23 heavy (non-hydrogen) atoms. The monoisotopic (exact) mass is 324 g/mol. The highest BCUT2D eigenvalue weighted by Gasteiger charge is 2.21. The smallest absolute Gasteiger partial charge is 0.350 e. The van der Waals surface area contributed by atoms with Gasteiger partial charge in [0.2, 0.25) is 0 Å². The summed E-state index contributed by atoms with van der Waals surface area (Å²) in [5.41, 5.74) is 8.94. The predicted molar refractivity (Wildman–Crippen MR) is 93.4 cm³/mol. The molecule has 116 valence electrons. The van der Waals surface area contributed by atoms with Crippen molar-refractivity contribution >= 4 is 23.0 Å². The number of hydrogen-bond donors (Lipinski definition) is 1. The predicted octanol–water partition coefficient (Wildman–Crippen LogP) is 4.24. The van der Waals surface area contributed by atoms with Gasteiger partial charge in [0.1, 0.15) is 9.88 Å². The summed E-state index contributed by atoms with van der Waals surface area (Å²) in [5.74, 6) is -0.348. The summed E-state index contributed by atoms with van der Waals surface area (Å²) in [6.07, 6.45) is 0. The molecule has 3 rings (SSSR count). The van der Waals surface area contributed by atoms with E-state index in [0.717, 1.165) is 16.1 Å². The van der Waals surface area contributed by atoms with E-state index in [1.54, 1.807) is 6.92 Å². The zero-order chi connectivity index (χ0) is 16.2. The third-order valence-corrected chi connectivity index (χ3v) is 4.35. The minimum Gasteiger partial charge on any atom is -0.462 e. The zero-order valence-corrected chi connectivity index (χ0v) is 13.5. The molecule has 2 N–H and O–H groups in total. The average Bonchev–Trinajstić information content (AvgIpc) is 3.01. The second-order valence-corrected chi connectivity index (χ2v) is 5.91. The van der Waals surface area contributed by atoms with Gasteiger partial charge in [-0.05, 0) is 19.1 Å². The van der Waals surface area contributed by atoms with E-state index < -0.39 is 0 Å². The molecule has 0 aliphatic carbocycles. The minimum absolute atomic E-state index is 0.332. The first-order valence-corrected chi connectivity index (χ1v) is 8.10. The highest BCUT2D eigenvalue weighted by atomic mass is 32.1. The number of hydrogen-bond acceptors (Lipinski definition) is 5. The number of nitrogen functional groups attached to an aromatic ring is 1. The van der Waals surface area contributed by atoms with E-state index in [2.05, 4.69) is 4.98 Å². The molecule has 0 aliphatic heterocycles. The molecule has 5 heteroatoms. The minimum atomic E-state index is -0.348. The lowest BCUT2D eigenvalue weighted by atomic mass is 10.1. The third-order valence-electron chi connectivity index (χ3n) is 3.27. The van der Waals surface area contributed by atoms with E-state index in [-0.39, 0.29) is 5.97 Å². The molecule has 0 saturated heterocycles. The Morgan fingerprint density at radius 2 is 1.87 bits per heavy atom. The second-order valence-electron chi connectivity index (χ2n) is 4.91. The molecule has 0 spiro atoms. The van der Waals surface area contributed by atoms with E-state index in [1.165, 1.54) is 11.3 Å². The van der Waals surface area contributed by atoms with Gasteiger partial charge in [-0.2, -0.15) is 0 Å². The first-order valence-electron chi connectivity index (χ1n) is 7.28. The molecule has 1 aromatic heterocycles. The fourth-order valence-corrected chi connectivity index (χ4v) is 3.22. The maximum atomic E-state index is 12.3. The van der Waals surface area contributed by atoms with Gasteiger partial charge in [0, 0.05) is 16.8 Å². The van der Waals surface area contributed by atoms with Crippen LogP contribution in [0.5, 0.6) is 0 Å². The molecule has 0 unspecified atom stereocenters. The molecule has 0 amide bonds. The molecule has 0 radical (unpaired) electrons. The SMILES string of the molecule is CCOC(=O)c1sc(-c2cccc(N)c2)nc1-c1ccccc1. The Morgan fingerprint density at radius 3 is 2.57 bits per heavy atom. The second kappa shape index (κ2) is 6.62. The third kappa shape index (κ3) is 3.24. The highest BCUT2D eigenvalue weighted by Crippen LogP contribution is 2.34. The maximum Gasteiger partial charge on any atom is 0.350 e. The molecule has 0 bridgehead atoms. The first-order chi connectivity index (χ1) is 11.2. The van der Waals surface area contributed by atoms with Crippen molar-refractivity contribution in [2.45, 2.75) is 6.92 Å². The van der Waals surface area contributed by atoms with Crippen molar-refractivity contribution in [2.24, 2.45) is 0 Å². The van der Waals surface area contributed by atoms with Crippen LogP contribution in [0, 0.1) is 0 Å². The summed E-state index contributed by atoms with van der Waals surface area (Å²) in [7, 11) is 0. The molecular formula is C18H16N2O2S. The first kappa shape index (κ1) is 15.2. The van der Waals surface area contributed by atoms with Crippen molar-refractivity contribution in [3.63, 3.8) is 0 Å². The fourth-order valence-electron chi connectivity index (χ4n) is 2.24. The maximum absolute atomic E-state index is 12.3. The number of carbonyl (C=O) groups is 1. The summed E-state index contributed by atoms with van der Waals surface area (Å²) in [6.45, 7) is 2.12. The number of carbonyl (C=O) groups excluding carboxylic acids is 1. The standard InChI is InChI=1S/C18H16N2O2S/c1-2-22-18(21)16-15(12-7-4-3-5-8-12)20-17(23-16)13-9-6-10-14(19)11-13/h3-11H,2,19H2,1H3. The quantitative estimate of drug-likeness (QED) is 0.576. The van der Waals surface area contributed by atoms with E-state index in [9.17, 15) is 4.79 Å². The number of benzene rings is 2. The lowest BCUT2D eigenvalue weighted by molar-refractivity contribution is 0.0532. The van der Waals surface area contributed by atoms with Crippen molar-refractivity contribution in [3.8, 4) is 21.8 Å². The number of nitrogens with two attached hydrogens (primary N) is 1. The van der Waals surface area contributed by atoms with Crippen molar-refractivity contribution in [2.75, 3.05) is 12.3 Å². The van der Waals surface area contributed by atoms with Gasteiger partial charge in [0.15, 0.2) is 0 Å². The molecule has 1 heterocycles. The van der Waals surface area contributed by atoms with Crippen LogP contribution in [0.4, 0.5) is 5.69 Å². The van der Waals surface area contributed by atoms with Crippen LogP contribution in [0.25, 0.3) is 21.8 Å². The Bertz CT molecular complexity index is 828. The number of rotatable bonds is 4. The van der Waals surface area contributed by atoms with Gasteiger partial charge in [-0.15, -0.1) is 11.3 Å². The van der Waals surface area contributed by atoms with Gasteiger partial charge in [0.05, 0.1) is 12.3 Å². The van der Waals surface area contributed by atoms with Crippen LogP contribution < -0.4 is 5.73 Å². The number of ether oxygens (including phenoxy) is 1. The number of aromatic nitrogens is 1. The molecule has 4 nitrogen and oxygen atoms in total. The Morgan fingerprint density at radius 1 is 1.13 bits per heavy atom. The van der Waals surface area contributed by atoms with Crippen LogP contribution in [-0.4, -0.2) is 17.6 Å². The summed E-state index contributed by atoms with van der Waals surface area (Å²) in [5, 5.41) is 0.749. The van der Waals surface area contributed by atoms with E-state index in [0.29, 0.717) is 22.9 Å². The molecule has 0 saturated carbocycles. The summed E-state index contributed by atoms with van der Waals surface area (Å²) >= 11 is 1.32. The van der Waals surface area contributed by atoms with Crippen molar-refractivity contribution in [1.82, 2.24) is 4.98 Å². The van der Waals surface area contributed by atoms with Crippen LogP contribution in [0.3, 0.4) is 0 Å². The lowest BCUT2D eigenvalue weighted by Gasteiger charge is -2.01. The number of thiazole rings is 1. The van der Waals surface area contributed by atoms with Crippen molar-refractivity contribution in [1.29, 1.82) is 0 Å².